The van der Waals surface area contributed by atoms with E-state index >= 15 is 0 Å². The third kappa shape index (κ3) is 1.73. The highest BCUT2D eigenvalue weighted by Gasteiger charge is 2.31. The molecule has 4 nitrogen and oxygen atoms in total. The quantitative estimate of drug-likeness (QED) is 0.603. The van der Waals surface area contributed by atoms with Crippen molar-refractivity contribution in [2.24, 2.45) is 5.92 Å². The van der Waals surface area contributed by atoms with Crippen molar-refractivity contribution in [2.75, 3.05) is 13.2 Å². The zero-order valence-electron chi connectivity index (χ0n) is 7.03. The highest BCUT2D eigenvalue weighted by Crippen LogP contribution is 2.19. The van der Waals surface area contributed by atoms with E-state index in [0.29, 0.717) is 19.6 Å². The molecule has 0 bridgehead atoms. The summed E-state index contributed by atoms with van der Waals surface area (Å²) in [6.45, 7) is 3.00. The molecule has 1 saturated heterocycles. The van der Waals surface area contributed by atoms with Crippen LogP contribution in [0.4, 0.5) is 0 Å². The molecular formula is C8H11N3O. The molecule has 0 aromatic rings. The van der Waals surface area contributed by atoms with Gasteiger partial charge >= 0.3 is 0 Å². The molecule has 1 aliphatic heterocycles. The first-order valence-electron chi connectivity index (χ1n) is 3.95. The Balaban J connectivity index is 2.40. The van der Waals surface area contributed by atoms with Gasteiger partial charge in [0.05, 0.1) is 37.1 Å². The number of nitriles is 2. The maximum absolute atomic E-state index is 8.66. The van der Waals surface area contributed by atoms with E-state index in [-0.39, 0.29) is 12.0 Å². The number of nitrogens with zero attached hydrogens (tertiary/aromatic N) is 3. The minimum atomic E-state index is -0.0521. The van der Waals surface area contributed by atoms with E-state index in [2.05, 4.69) is 6.07 Å². The number of hydrogen-bond acceptors (Lipinski definition) is 4. The maximum Gasteiger partial charge on any atom is 0.0892 e. The van der Waals surface area contributed by atoms with Crippen LogP contribution in [-0.2, 0) is 4.84 Å². The molecule has 0 amide bonds. The van der Waals surface area contributed by atoms with E-state index in [9.17, 15) is 0 Å². The lowest BCUT2D eigenvalue weighted by Gasteiger charge is -2.17. The second-order valence-electron chi connectivity index (χ2n) is 2.82. The van der Waals surface area contributed by atoms with Gasteiger partial charge in [-0.2, -0.15) is 15.6 Å². The first-order valence-corrected chi connectivity index (χ1v) is 3.95. The number of hydroxylamine groups is 2. The molecule has 0 radical (unpaired) electrons. The van der Waals surface area contributed by atoms with Gasteiger partial charge in [0, 0.05) is 6.54 Å². The zero-order valence-corrected chi connectivity index (χ0v) is 7.03. The van der Waals surface area contributed by atoms with Crippen LogP contribution < -0.4 is 0 Å². The molecule has 0 saturated carbocycles. The fraction of sp³-hybridized carbons (Fsp3) is 0.750. The van der Waals surface area contributed by atoms with Gasteiger partial charge in [-0.3, -0.25) is 4.84 Å². The number of rotatable bonds is 2. The van der Waals surface area contributed by atoms with Crippen molar-refractivity contribution in [1.29, 1.82) is 10.5 Å². The molecule has 1 rings (SSSR count). The summed E-state index contributed by atoms with van der Waals surface area (Å²) in [4.78, 5) is 5.23. The summed E-state index contributed by atoms with van der Waals surface area (Å²) in [6, 6.07) is 4.33. The second kappa shape index (κ2) is 4.06. The molecular weight excluding hydrogens is 154 g/mol. The first kappa shape index (κ1) is 8.99. The zero-order chi connectivity index (χ0) is 8.97. The third-order valence-corrected chi connectivity index (χ3v) is 2.07. The predicted molar refractivity (Wildman–Crippen MR) is 41.5 cm³/mol. The van der Waals surface area contributed by atoms with Crippen molar-refractivity contribution in [3.8, 4) is 12.1 Å². The monoisotopic (exact) mass is 165 g/mol. The van der Waals surface area contributed by atoms with Gasteiger partial charge in [-0.05, 0) is 6.92 Å². The number of hydrogen-bond donors (Lipinski definition) is 0. The highest BCUT2D eigenvalue weighted by atomic mass is 16.7. The van der Waals surface area contributed by atoms with Crippen molar-refractivity contribution < 1.29 is 4.84 Å². The lowest BCUT2D eigenvalue weighted by atomic mass is 10.1. The summed E-state index contributed by atoms with van der Waals surface area (Å²) in [5, 5.41) is 18.7. The summed E-state index contributed by atoms with van der Waals surface area (Å²) in [6.07, 6.45) is 0.447. The van der Waals surface area contributed by atoms with Crippen LogP contribution in [0.25, 0.3) is 0 Å². The van der Waals surface area contributed by atoms with Crippen LogP contribution >= 0.6 is 0 Å². The Bertz CT molecular complexity index is 227. The summed E-state index contributed by atoms with van der Waals surface area (Å²) in [5.74, 6) is -0.0521. The Kier molecular flexibility index (Phi) is 3.04. The van der Waals surface area contributed by atoms with Gasteiger partial charge in [0.1, 0.15) is 0 Å². The fourth-order valence-corrected chi connectivity index (χ4v) is 1.21. The van der Waals surface area contributed by atoms with Gasteiger partial charge in [0.25, 0.3) is 0 Å². The van der Waals surface area contributed by atoms with Crippen LogP contribution in [0.5, 0.6) is 0 Å². The predicted octanol–water partition coefficient (Wildman–Crippen LogP) is 0.676. The Morgan fingerprint density at radius 2 is 2.33 bits per heavy atom. The third-order valence-electron chi connectivity index (χ3n) is 2.07. The van der Waals surface area contributed by atoms with Gasteiger partial charge < -0.3 is 0 Å². The largest absolute Gasteiger partial charge is 0.297 e. The van der Waals surface area contributed by atoms with Crippen LogP contribution in [0, 0.1) is 28.6 Å². The molecule has 1 heterocycles. The molecule has 2 atom stereocenters. The molecule has 2 unspecified atom stereocenters. The lowest BCUT2D eigenvalue weighted by molar-refractivity contribution is -0.126. The normalized spacial score (nSPS) is 29.6. The van der Waals surface area contributed by atoms with Gasteiger partial charge in [0.15, 0.2) is 0 Å². The molecule has 12 heavy (non-hydrogen) atoms. The van der Waals surface area contributed by atoms with E-state index < -0.39 is 0 Å². The van der Waals surface area contributed by atoms with E-state index in [1.165, 1.54) is 0 Å². The molecule has 64 valence electrons. The topological polar surface area (TPSA) is 60.0 Å². The summed E-state index contributed by atoms with van der Waals surface area (Å²) >= 11 is 0. The Morgan fingerprint density at radius 3 is 2.83 bits per heavy atom. The smallest absolute Gasteiger partial charge is 0.0892 e. The van der Waals surface area contributed by atoms with E-state index in [0.717, 1.165) is 0 Å². The second-order valence-corrected chi connectivity index (χ2v) is 2.82. The van der Waals surface area contributed by atoms with Crippen LogP contribution in [-0.4, -0.2) is 24.3 Å². The average Bonchev–Trinajstić information content (AvgIpc) is 2.43. The van der Waals surface area contributed by atoms with Gasteiger partial charge in [-0.1, -0.05) is 0 Å². The molecule has 1 aliphatic rings. The Morgan fingerprint density at radius 1 is 1.58 bits per heavy atom. The van der Waals surface area contributed by atoms with Crippen molar-refractivity contribution in [2.45, 2.75) is 19.4 Å². The maximum atomic E-state index is 8.66. The van der Waals surface area contributed by atoms with Crippen molar-refractivity contribution in [3.63, 3.8) is 0 Å². The minimum Gasteiger partial charge on any atom is -0.297 e. The average molecular weight is 165 g/mol. The molecule has 0 aromatic heterocycles. The Hall–Kier alpha value is -1.10. The van der Waals surface area contributed by atoms with E-state index in [4.69, 9.17) is 15.4 Å². The lowest BCUT2D eigenvalue weighted by Crippen LogP contribution is -2.29. The van der Waals surface area contributed by atoms with Gasteiger partial charge in [0.2, 0.25) is 0 Å². The highest BCUT2D eigenvalue weighted by molar-refractivity contribution is 4.93. The Labute approximate surface area is 71.9 Å². The SMILES string of the molecule is CC1C(C#N)CON1CCC#N. The molecule has 1 fully saturated rings. The van der Waals surface area contributed by atoms with Crippen LogP contribution in [0.15, 0.2) is 0 Å². The van der Waals surface area contributed by atoms with Crippen LogP contribution in [0.2, 0.25) is 0 Å². The molecule has 0 N–H and O–H groups in total. The molecule has 0 spiro atoms. The minimum absolute atomic E-state index is 0.0521. The first-order chi connectivity index (χ1) is 5.79. The van der Waals surface area contributed by atoms with E-state index in [1.54, 1.807) is 5.06 Å². The van der Waals surface area contributed by atoms with Crippen molar-refractivity contribution in [3.05, 3.63) is 0 Å². The van der Waals surface area contributed by atoms with Crippen molar-refractivity contribution in [1.82, 2.24) is 5.06 Å². The fourth-order valence-electron chi connectivity index (χ4n) is 1.21. The molecule has 0 aromatic carbocycles. The summed E-state index contributed by atoms with van der Waals surface area (Å²) < 4.78 is 0. The molecule has 4 heteroatoms. The van der Waals surface area contributed by atoms with Crippen LogP contribution in [0.1, 0.15) is 13.3 Å². The van der Waals surface area contributed by atoms with Gasteiger partial charge in [-0.15, -0.1) is 0 Å². The van der Waals surface area contributed by atoms with Crippen molar-refractivity contribution >= 4 is 0 Å². The standard InChI is InChI=1S/C8H11N3O/c1-7-8(5-10)6-12-11(7)4-2-3-9/h7-8H,2,4,6H2,1H3. The molecule has 0 aliphatic carbocycles. The summed E-state index contributed by atoms with van der Waals surface area (Å²) in [7, 11) is 0. The summed E-state index contributed by atoms with van der Waals surface area (Å²) in [5.41, 5.74) is 0. The van der Waals surface area contributed by atoms with E-state index in [1.807, 2.05) is 13.0 Å². The van der Waals surface area contributed by atoms with Crippen LogP contribution in [0.3, 0.4) is 0 Å². The van der Waals surface area contributed by atoms with Gasteiger partial charge in [-0.25, -0.2) is 0 Å².